The van der Waals surface area contributed by atoms with Crippen molar-refractivity contribution >= 4 is 17.5 Å². The van der Waals surface area contributed by atoms with Crippen LogP contribution in [-0.2, 0) is 0 Å². The number of guanidine groups is 1. The maximum atomic E-state index is 13.4. The lowest BCUT2D eigenvalue weighted by Crippen LogP contribution is -2.55. The zero-order chi connectivity index (χ0) is 17.3. The molecule has 4 N–H and O–H groups in total. The lowest BCUT2D eigenvalue weighted by Gasteiger charge is -2.39. The summed E-state index contributed by atoms with van der Waals surface area (Å²) in [6, 6.07) is 6.90. The summed E-state index contributed by atoms with van der Waals surface area (Å²) in [6.07, 6.45) is 7.43. The lowest BCUT2D eigenvalue weighted by molar-refractivity contribution is 0.179. The molecule has 0 spiro atoms. The Bertz CT molecular complexity index is 832. The van der Waals surface area contributed by atoms with Gasteiger partial charge >= 0.3 is 0 Å². The van der Waals surface area contributed by atoms with Crippen molar-refractivity contribution in [3.63, 3.8) is 0 Å². The Labute approximate surface area is 144 Å². The fourth-order valence-corrected chi connectivity index (χ4v) is 2.87. The standard InChI is InChI=1S/C17H18FN7/c18-12-8-13(10-20-9-12)22-16-23-15(14-6-1-2-7-21-14)24-17(19,25-16)11-4-3-5-11/h1-2,6-11H,3-5,19H2,(H2,22,23,24,25). The van der Waals surface area contributed by atoms with Gasteiger partial charge < -0.3 is 10.6 Å². The average molecular weight is 339 g/mol. The van der Waals surface area contributed by atoms with E-state index < -0.39 is 11.6 Å². The molecule has 0 radical (unpaired) electrons. The smallest absolute Gasteiger partial charge is 0.210 e. The first-order valence-corrected chi connectivity index (χ1v) is 8.17. The van der Waals surface area contributed by atoms with Gasteiger partial charge in [0.1, 0.15) is 11.5 Å². The molecule has 2 aromatic rings. The monoisotopic (exact) mass is 339 g/mol. The highest BCUT2D eigenvalue weighted by Gasteiger charge is 2.41. The number of aliphatic imine (C=N–C) groups is 2. The maximum absolute atomic E-state index is 13.4. The Morgan fingerprint density at radius 1 is 1.24 bits per heavy atom. The van der Waals surface area contributed by atoms with Crippen LogP contribution in [0.3, 0.4) is 0 Å². The fraction of sp³-hybridized carbons (Fsp3) is 0.294. The minimum Gasteiger partial charge on any atom is -0.324 e. The van der Waals surface area contributed by atoms with E-state index in [2.05, 4.69) is 30.6 Å². The van der Waals surface area contributed by atoms with Crippen LogP contribution in [0.1, 0.15) is 25.0 Å². The van der Waals surface area contributed by atoms with Gasteiger partial charge in [0.25, 0.3) is 0 Å². The van der Waals surface area contributed by atoms with Crippen molar-refractivity contribution in [3.05, 3.63) is 54.4 Å². The van der Waals surface area contributed by atoms with E-state index in [1.807, 2.05) is 18.2 Å². The third-order valence-electron chi connectivity index (χ3n) is 4.40. The molecule has 4 rings (SSSR count). The van der Waals surface area contributed by atoms with Gasteiger partial charge in [0.15, 0.2) is 5.84 Å². The summed E-state index contributed by atoms with van der Waals surface area (Å²) in [5.74, 6) is -0.373. The van der Waals surface area contributed by atoms with E-state index in [0.717, 1.165) is 25.5 Å². The second-order valence-electron chi connectivity index (χ2n) is 6.19. The number of pyridine rings is 2. The number of anilines is 1. The number of hydrogen-bond donors (Lipinski definition) is 3. The second-order valence-corrected chi connectivity index (χ2v) is 6.19. The van der Waals surface area contributed by atoms with Crippen molar-refractivity contribution in [2.75, 3.05) is 5.32 Å². The number of halogens is 1. The SMILES string of the molecule is NC1(C2CCC2)N=C(Nc2cncc(F)c2)NC(c2ccccn2)=N1. The number of nitrogens with one attached hydrogen (secondary N) is 2. The second kappa shape index (κ2) is 6.21. The minimum absolute atomic E-state index is 0.177. The van der Waals surface area contributed by atoms with Crippen molar-refractivity contribution in [1.29, 1.82) is 0 Å². The minimum atomic E-state index is -1.06. The molecule has 3 heterocycles. The highest BCUT2D eigenvalue weighted by molar-refractivity contribution is 6.12. The largest absolute Gasteiger partial charge is 0.324 e. The first-order valence-electron chi connectivity index (χ1n) is 8.17. The molecule has 1 fully saturated rings. The van der Waals surface area contributed by atoms with Gasteiger partial charge in [-0.2, -0.15) is 0 Å². The van der Waals surface area contributed by atoms with Crippen LogP contribution in [0.5, 0.6) is 0 Å². The van der Waals surface area contributed by atoms with Crippen LogP contribution in [0, 0.1) is 11.7 Å². The fourth-order valence-electron chi connectivity index (χ4n) is 2.87. The Morgan fingerprint density at radius 3 is 2.80 bits per heavy atom. The molecule has 2 aliphatic rings. The molecule has 25 heavy (non-hydrogen) atoms. The molecule has 2 aromatic heterocycles. The van der Waals surface area contributed by atoms with Gasteiger partial charge in [-0.05, 0) is 25.0 Å². The molecular weight excluding hydrogens is 321 g/mol. The van der Waals surface area contributed by atoms with Crippen LogP contribution in [0.15, 0.2) is 52.8 Å². The van der Waals surface area contributed by atoms with Crippen molar-refractivity contribution in [1.82, 2.24) is 15.3 Å². The van der Waals surface area contributed by atoms with Crippen molar-refractivity contribution < 1.29 is 4.39 Å². The molecule has 1 aliphatic heterocycles. The third-order valence-corrected chi connectivity index (χ3v) is 4.40. The highest BCUT2D eigenvalue weighted by atomic mass is 19.1. The van der Waals surface area contributed by atoms with Crippen LogP contribution in [-0.4, -0.2) is 27.5 Å². The zero-order valence-electron chi connectivity index (χ0n) is 13.5. The van der Waals surface area contributed by atoms with E-state index in [4.69, 9.17) is 5.73 Å². The van der Waals surface area contributed by atoms with E-state index in [-0.39, 0.29) is 5.92 Å². The molecule has 128 valence electrons. The van der Waals surface area contributed by atoms with Gasteiger partial charge in [0.2, 0.25) is 11.7 Å². The van der Waals surface area contributed by atoms with Crippen molar-refractivity contribution in [3.8, 4) is 0 Å². The van der Waals surface area contributed by atoms with Gasteiger partial charge in [-0.15, -0.1) is 0 Å². The summed E-state index contributed by atoms with van der Waals surface area (Å²) < 4.78 is 13.4. The van der Waals surface area contributed by atoms with Gasteiger partial charge in [0, 0.05) is 18.2 Å². The van der Waals surface area contributed by atoms with E-state index in [1.54, 1.807) is 6.20 Å². The highest BCUT2D eigenvalue weighted by Crippen LogP contribution is 2.37. The quantitative estimate of drug-likeness (QED) is 0.792. The van der Waals surface area contributed by atoms with Crippen LogP contribution < -0.4 is 16.4 Å². The summed E-state index contributed by atoms with van der Waals surface area (Å²) in [7, 11) is 0. The molecule has 1 unspecified atom stereocenters. The number of aromatic nitrogens is 2. The average Bonchev–Trinajstić information content (AvgIpc) is 2.53. The number of hydrogen-bond acceptors (Lipinski definition) is 7. The summed E-state index contributed by atoms with van der Waals surface area (Å²) in [6.45, 7) is 0. The van der Waals surface area contributed by atoms with E-state index in [0.29, 0.717) is 23.2 Å². The number of nitrogens with two attached hydrogens (primary N) is 1. The summed E-state index contributed by atoms with van der Waals surface area (Å²) >= 11 is 0. The molecule has 1 saturated carbocycles. The number of nitrogens with zero attached hydrogens (tertiary/aromatic N) is 4. The van der Waals surface area contributed by atoms with Crippen molar-refractivity contribution in [2.24, 2.45) is 21.6 Å². The Morgan fingerprint density at radius 2 is 2.12 bits per heavy atom. The van der Waals surface area contributed by atoms with Gasteiger partial charge in [0.05, 0.1) is 18.1 Å². The van der Waals surface area contributed by atoms with Crippen LogP contribution in [0.25, 0.3) is 0 Å². The first kappa shape index (κ1) is 15.6. The van der Waals surface area contributed by atoms with Crippen LogP contribution >= 0.6 is 0 Å². The molecule has 1 atom stereocenters. The zero-order valence-corrected chi connectivity index (χ0v) is 13.5. The van der Waals surface area contributed by atoms with Gasteiger partial charge in [-0.25, -0.2) is 14.4 Å². The molecule has 8 heteroatoms. The van der Waals surface area contributed by atoms with Gasteiger partial charge in [-0.1, -0.05) is 12.5 Å². The lowest BCUT2D eigenvalue weighted by atomic mass is 9.80. The molecule has 0 saturated heterocycles. The maximum Gasteiger partial charge on any atom is 0.210 e. The predicted molar refractivity (Wildman–Crippen MR) is 93.4 cm³/mol. The molecule has 1 aliphatic carbocycles. The third kappa shape index (κ3) is 3.20. The van der Waals surface area contributed by atoms with E-state index in [9.17, 15) is 4.39 Å². The van der Waals surface area contributed by atoms with Crippen LogP contribution in [0.4, 0.5) is 10.1 Å². The Balaban J connectivity index is 1.67. The number of rotatable bonds is 3. The first-order chi connectivity index (χ1) is 12.1. The van der Waals surface area contributed by atoms with E-state index in [1.165, 1.54) is 12.3 Å². The van der Waals surface area contributed by atoms with Crippen LogP contribution in [0.2, 0.25) is 0 Å². The summed E-state index contributed by atoms with van der Waals surface area (Å²) in [5.41, 5.74) is 7.64. The summed E-state index contributed by atoms with van der Waals surface area (Å²) in [4.78, 5) is 17.3. The van der Waals surface area contributed by atoms with Crippen molar-refractivity contribution in [2.45, 2.75) is 25.0 Å². The Kier molecular flexibility index (Phi) is 3.89. The molecular formula is C17H18FN7. The molecule has 0 amide bonds. The topological polar surface area (TPSA) is 101 Å². The summed E-state index contributed by atoms with van der Waals surface area (Å²) in [5, 5.41) is 6.12. The Hall–Kier alpha value is -2.87. The molecule has 0 aromatic carbocycles. The number of amidine groups is 1. The van der Waals surface area contributed by atoms with Gasteiger partial charge in [-0.3, -0.25) is 15.7 Å². The molecule has 0 bridgehead atoms. The normalized spacial score (nSPS) is 23.1. The predicted octanol–water partition coefficient (Wildman–Crippen LogP) is 1.85. The molecule has 7 nitrogen and oxygen atoms in total. The van der Waals surface area contributed by atoms with E-state index >= 15 is 0 Å².